The first kappa shape index (κ1) is 11.8. The fraction of sp³-hybridized carbons (Fsp3) is 0.462. The van der Waals surface area contributed by atoms with E-state index in [4.69, 9.17) is 4.74 Å². The van der Waals surface area contributed by atoms with Gasteiger partial charge in [0.25, 0.3) is 0 Å². The molecule has 1 aromatic carbocycles. The molecule has 0 saturated carbocycles. The number of phenols is 1. The van der Waals surface area contributed by atoms with Crippen molar-refractivity contribution in [3.8, 4) is 5.75 Å². The van der Waals surface area contributed by atoms with Crippen molar-refractivity contribution >= 4 is 6.16 Å². The molecule has 2 rings (SSSR count). The lowest BCUT2D eigenvalue weighted by Gasteiger charge is -2.34. The Bertz CT molecular complexity index is 441. The number of carbonyl (C=O) groups excluding carboxylic acids is 1. The van der Waals surface area contributed by atoms with Crippen LogP contribution in [0.2, 0.25) is 0 Å². The molecule has 0 fully saturated rings. The van der Waals surface area contributed by atoms with Gasteiger partial charge >= 0.3 is 6.16 Å². The Morgan fingerprint density at radius 3 is 2.94 bits per heavy atom. The quantitative estimate of drug-likeness (QED) is 0.762. The third-order valence-corrected chi connectivity index (χ3v) is 3.24. The number of carbonyl (C=O) groups is 1. The van der Waals surface area contributed by atoms with E-state index in [9.17, 15) is 9.90 Å². The zero-order valence-corrected chi connectivity index (χ0v) is 10.0. The molecule has 0 aromatic heterocycles. The molecular formula is C13H16O4. The van der Waals surface area contributed by atoms with Crippen LogP contribution >= 0.6 is 0 Å². The Morgan fingerprint density at radius 1 is 1.47 bits per heavy atom. The Hall–Kier alpha value is -1.71. The number of benzene rings is 1. The van der Waals surface area contributed by atoms with E-state index >= 15 is 0 Å². The molecule has 0 bridgehead atoms. The molecule has 0 amide bonds. The molecule has 0 heterocycles. The van der Waals surface area contributed by atoms with Gasteiger partial charge in [0.1, 0.15) is 11.4 Å². The highest BCUT2D eigenvalue weighted by Gasteiger charge is 2.36. The Labute approximate surface area is 100 Å². The van der Waals surface area contributed by atoms with Crippen molar-refractivity contribution in [3.05, 3.63) is 29.3 Å². The normalized spacial score (nSPS) is 22.7. The third-order valence-electron chi connectivity index (χ3n) is 3.24. The maximum absolute atomic E-state index is 11.3. The first-order valence-corrected chi connectivity index (χ1v) is 5.64. The van der Waals surface area contributed by atoms with Gasteiger partial charge in [-0.2, -0.15) is 0 Å². The number of aryl methyl sites for hydroxylation is 1. The average molecular weight is 236 g/mol. The van der Waals surface area contributed by atoms with E-state index < -0.39 is 11.8 Å². The first-order chi connectivity index (χ1) is 8.05. The third kappa shape index (κ3) is 2.20. The van der Waals surface area contributed by atoms with E-state index in [1.807, 2.05) is 13.0 Å². The zero-order chi connectivity index (χ0) is 12.5. The number of fused-ring (bicyclic) bond motifs is 1. The van der Waals surface area contributed by atoms with Crippen molar-refractivity contribution in [1.82, 2.24) is 0 Å². The van der Waals surface area contributed by atoms with Gasteiger partial charge < -0.3 is 14.6 Å². The topological polar surface area (TPSA) is 55.8 Å². The van der Waals surface area contributed by atoms with Crippen LogP contribution in [0.3, 0.4) is 0 Å². The van der Waals surface area contributed by atoms with Gasteiger partial charge in [0.15, 0.2) is 0 Å². The summed E-state index contributed by atoms with van der Waals surface area (Å²) in [5, 5.41) is 9.54. The largest absolute Gasteiger partial charge is 0.508 e. The number of hydrogen-bond donors (Lipinski definition) is 1. The number of aromatic hydroxyl groups is 1. The van der Waals surface area contributed by atoms with E-state index in [-0.39, 0.29) is 5.75 Å². The van der Waals surface area contributed by atoms with Crippen LogP contribution in [-0.4, -0.2) is 18.4 Å². The monoisotopic (exact) mass is 236 g/mol. The van der Waals surface area contributed by atoms with Crippen LogP contribution in [0.15, 0.2) is 18.2 Å². The summed E-state index contributed by atoms with van der Waals surface area (Å²) in [5.74, 6) is 0.186. The van der Waals surface area contributed by atoms with Gasteiger partial charge in [-0.25, -0.2) is 4.79 Å². The van der Waals surface area contributed by atoms with Crippen LogP contribution in [0, 0.1) is 0 Å². The lowest BCUT2D eigenvalue weighted by molar-refractivity contribution is -0.0301. The second-order valence-electron chi connectivity index (χ2n) is 4.48. The number of methoxy groups -OCH3 is 1. The molecule has 0 radical (unpaired) electrons. The van der Waals surface area contributed by atoms with Gasteiger partial charge in [0.05, 0.1) is 7.11 Å². The number of rotatable bonds is 1. The fourth-order valence-electron chi connectivity index (χ4n) is 2.36. The highest BCUT2D eigenvalue weighted by Crippen LogP contribution is 2.39. The van der Waals surface area contributed by atoms with Crippen molar-refractivity contribution in [2.45, 2.75) is 31.8 Å². The molecule has 4 nitrogen and oxygen atoms in total. The molecule has 1 aromatic rings. The van der Waals surface area contributed by atoms with Gasteiger partial charge in [0.2, 0.25) is 0 Å². The lowest BCUT2D eigenvalue weighted by atomic mass is 9.80. The van der Waals surface area contributed by atoms with Crippen molar-refractivity contribution in [1.29, 1.82) is 0 Å². The molecule has 1 N–H and O–H groups in total. The molecule has 1 unspecified atom stereocenters. The number of phenolic OH excluding ortho intramolecular Hbond substituents is 1. The molecule has 0 spiro atoms. The minimum atomic E-state index is -0.709. The summed E-state index contributed by atoms with van der Waals surface area (Å²) in [5.41, 5.74) is 1.27. The summed E-state index contributed by atoms with van der Waals surface area (Å²) >= 11 is 0. The molecule has 0 saturated heterocycles. The number of hydrogen-bond acceptors (Lipinski definition) is 4. The maximum Gasteiger partial charge on any atom is 0.508 e. The van der Waals surface area contributed by atoms with E-state index in [1.165, 1.54) is 7.11 Å². The SMILES string of the molecule is COC(=O)OC1(C)CCCc2ccc(O)cc21. The van der Waals surface area contributed by atoms with Gasteiger partial charge in [0, 0.05) is 5.56 Å². The molecule has 92 valence electrons. The summed E-state index contributed by atoms with van der Waals surface area (Å²) in [6.07, 6.45) is 1.93. The van der Waals surface area contributed by atoms with E-state index in [0.29, 0.717) is 0 Å². The average Bonchev–Trinajstić information content (AvgIpc) is 2.30. The second kappa shape index (κ2) is 4.28. The van der Waals surface area contributed by atoms with E-state index in [1.54, 1.807) is 12.1 Å². The van der Waals surface area contributed by atoms with E-state index in [2.05, 4.69) is 4.74 Å². The van der Waals surface area contributed by atoms with Gasteiger partial charge in [-0.15, -0.1) is 0 Å². The molecule has 0 aliphatic heterocycles. The van der Waals surface area contributed by atoms with Gasteiger partial charge in [-0.3, -0.25) is 0 Å². The maximum atomic E-state index is 11.3. The highest BCUT2D eigenvalue weighted by molar-refractivity contribution is 5.61. The molecule has 1 atom stereocenters. The van der Waals surface area contributed by atoms with Crippen molar-refractivity contribution in [3.63, 3.8) is 0 Å². The fourth-order valence-corrected chi connectivity index (χ4v) is 2.36. The predicted octanol–water partition coefficient (Wildman–Crippen LogP) is 2.73. The molecule has 17 heavy (non-hydrogen) atoms. The summed E-state index contributed by atoms with van der Waals surface area (Å²) in [4.78, 5) is 11.3. The van der Waals surface area contributed by atoms with Crippen molar-refractivity contribution in [2.75, 3.05) is 7.11 Å². The molecular weight excluding hydrogens is 220 g/mol. The highest BCUT2D eigenvalue weighted by atomic mass is 16.7. The van der Waals surface area contributed by atoms with Crippen LogP contribution < -0.4 is 0 Å². The lowest BCUT2D eigenvalue weighted by Crippen LogP contribution is -2.33. The van der Waals surface area contributed by atoms with Crippen LogP contribution in [0.5, 0.6) is 5.75 Å². The van der Waals surface area contributed by atoms with Gasteiger partial charge in [-0.05, 0) is 43.9 Å². The van der Waals surface area contributed by atoms with Gasteiger partial charge in [-0.1, -0.05) is 6.07 Å². The van der Waals surface area contributed by atoms with Crippen molar-refractivity contribution < 1.29 is 19.4 Å². The Morgan fingerprint density at radius 2 is 2.24 bits per heavy atom. The summed E-state index contributed by atoms with van der Waals surface area (Å²) < 4.78 is 9.88. The van der Waals surface area contributed by atoms with Crippen LogP contribution in [0.25, 0.3) is 0 Å². The van der Waals surface area contributed by atoms with E-state index in [0.717, 1.165) is 30.4 Å². The van der Waals surface area contributed by atoms with Crippen LogP contribution in [-0.2, 0) is 21.5 Å². The Kier molecular flexibility index (Phi) is 2.96. The standard InChI is InChI=1S/C13H16O4/c1-13(17-12(15)16-2)7-3-4-9-5-6-10(14)8-11(9)13/h5-6,8,14H,3-4,7H2,1-2H3. The minimum Gasteiger partial charge on any atom is -0.508 e. The molecule has 1 aliphatic carbocycles. The number of ether oxygens (including phenoxy) is 2. The second-order valence-corrected chi connectivity index (χ2v) is 4.48. The van der Waals surface area contributed by atoms with Crippen molar-refractivity contribution in [2.24, 2.45) is 0 Å². The molecule has 4 heteroatoms. The summed E-state index contributed by atoms with van der Waals surface area (Å²) in [7, 11) is 1.29. The van der Waals surface area contributed by atoms with Crippen LogP contribution in [0.4, 0.5) is 4.79 Å². The molecule has 1 aliphatic rings. The predicted molar refractivity (Wildman–Crippen MR) is 61.9 cm³/mol. The zero-order valence-electron chi connectivity index (χ0n) is 10.0. The minimum absolute atomic E-state index is 0.186. The first-order valence-electron chi connectivity index (χ1n) is 5.64. The smallest absolute Gasteiger partial charge is 0.508 e. The Balaban J connectivity index is 2.38. The summed E-state index contributed by atoms with van der Waals surface area (Å²) in [6, 6.07) is 5.20. The van der Waals surface area contributed by atoms with Crippen LogP contribution in [0.1, 0.15) is 30.9 Å². The summed E-state index contributed by atoms with van der Waals surface area (Å²) in [6.45, 7) is 1.85.